The van der Waals surface area contributed by atoms with E-state index >= 15 is 0 Å². The van der Waals surface area contributed by atoms with Crippen molar-refractivity contribution in [3.05, 3.63) is 76.1 Å². The summed E-state index contributed by atoms with van der Waals surface area (Å²) >= 11 is 0. The Balaban J connectivity index is 1.81. The molecule has 2 N–H and O–H groups in total. The number of phenolic OH excluding ortho intramolecular Hbond substituents is 1. The Hall–Kier alpha value is -3.74. The van der Waals surface area contributed by atoms with Gasteiger partial charge in [-0.25, -0.2) is 4.79 Å². The molecule has 2 aromatic rings. The zero-order chi connectivity index (χ0) is 24.4. The molecule has 1 aliphatic heterocycles. The first-order valence-electron chi connectivity index (χ1n) is 11.3. The first-order chi connectivity index (χ1) is 16.4. The summed E-state index contributed by atoms with van der Waals surface area (Å²) in [6.45, 7) is 3.79. The Morgan fingerprint density at radius 2 is 1.88 bits per heavy atom. The van der Waals surface area contributed by atoms with E-state index in [0.29, 0.717) is 35.2 Å². The summed E-state index contributed by atoms with van der Waals surface area (Å²) in [5.74, 6) is -0.135. The fraction of sp³-hybridized carbons (Fsp3) is 0.333. The fourth-order valence-electron chi connectivity index (χ4n) is 4.86. The molecular weight excluding hydrogens is 434 g/mol. The molecule has 34 heavy (non-hydrogen) atoms. The van der Waals surface area contributed by atoms with E-state index in [2.05, 4.69) is 5.32 Å². The van der Waals surface area contributed by atoms with Crippen molar-refractivity contribution in [1.82, 2.24) is 5.32 Å². The number of methoxy groups -OCH3 is 2. The molecule has 4 rings (SSSR count). The zero-order valence-electron chi connectivity index (χ0n) is 19.8. The van der Waals surface area contributed by atoms with Gasteiger partial charge in [-0.15, -0.1) is 0 Å². The second-order valence-corrected chi connectivity index (χ2v) is 8.45. The van der Waals surface area contributed by atoms with Crippen molar-refractivity contribution >= 4 is 11.8 Å². The van der Waals surface area contributed by atoms with Crippen molar-refractivity contribution in [2.24, 2.45) is 0 Å². The molecule has 0 aromatic heterocycles. The number of ketones is 1. The van der Waals surface area contributed by atoms with Gasteiger partial charge in [-0.2, -0.15) is 0 Å². The van der Waals surface area contributed by atoms with Gasteiger partial charge in [0.1, 0.15) is 5.75 Å². The molecule has 7 heteroatoms. The third-order valence-corrected chi connectivity index (χ3v) is 6.43. The standard InChI is InChI=1S/C27H29NO6/c1-5-34-27(31)24-15(2)28-20-12-18(16-7-6-8-19(11-16)32-3)13-22(30)26(20)25(24)17-9-10-21(29)23(14-17)33-4/h6-11,14,18,25,28-29H,5,12-13H2,1-4H3. The topological polar surface area (TPSA) is 94.1 Å². The van der Waals surface area contributed by atoms with Gasteiger partial charge >= 0.3 is 5.97 Å². The number of carbonyl (C=O) groups excluding carboxylic acids is 2. The highest BCUT2D eigenvalue weighted by Crippen LogP contribution is 2.47. The van der Waals surface area contributed by atoms with Gasteiger partial charge in [0.25, 0.3) is 0 Å². The summed E-state index contributed by atoms with van der Waals surface area (Å²) in [6, 6.07) is 12.7. The summed E-state index contributed by atoms with van der Waals surface area (Å²) in [6.07, 6.45) is 0.932. The van der Waals surface area contributed by atoms with Crippen LogP contribution in [0.2, 0.25) is 0 Å². The van der Waals surface area contributed by atoms with Crippen LogP contribution in [-0.2, 0) is 14.3 Å². The average Bonchev–Trinajstić information content (AvgIpc) is 2.83. The second-order valence-electron chi connectivity index (χ2n) is 8.45. The number of Topliss-reactive ketones (excluding diaryl/α,β-unsaturated/α-hetero) is 1. The first-order valence-corrected chi connectivity index (χ1v) is 11.3. The van der Waals surface area contributed by atoms with Crippen LogP contribution in [0.15, 0.2) is 65.0 Å². The van der Waals surface area contributed by atoms with Gasteiger partial charge in [-0.3, -0.25) is 4.79 Å². The quantitative estimate of drug-likeness (QED) is 0.616. The molecular formula is C27H29NO6. The predicted molar refractivity (Wildman–Crippen MR) is 127 cm³/mol. The Labute approximate surface area is 199 Å². The number of phenols is 1. The number of rotatable bonds is 6. The van der Waals surface area contributed by atoms with Crippen LogP contribution in [0.5, 0.6) is 17.2 Å². The molecule has 2 unspecified atom stereocenters. The summed E-state index contributed by atoms with van der Waals surface area (Å²) in [5, 5.41) is 13.4. The van der Waals surface area contributed by atoms with Crippen LogP contribution in [0.25, 0.3) is 0 Å². The van der Waals surface area contributed by atoms with Crippen molar-refractivity contribution in [3.63, 3.8) is 0 Å². The highest BCUT2D eigenvalue weighted by Gasteiger charge is 2.41. The Morgan fingerprint density at radius 1 is 1.09 bits per heavy atom. The zero-order valence-corrected chi connectivity index (χ0v) is 19.8. The maximum Gasteiger partial charge on any atom is 0.336 e. The van der Waals surface area contributed by atoms with Crippen molar-refractivity contribution in [3.8, 4) is 17.2 Å². The normalized spacial score (nSPS) is 19.9. The number of carbonyl (C=O) groups is 2. The van der Waals surface area contributed by atoms with Crippen LogP contribution in [-0.4, -0.2) is 37.7 Å². The van der Waals surface area contributed by atoms with Crippen LogP contribution in [0.1, 0.15) is 49.7 Å². The molecule has 7 nitrogen and oxygen atoms in total. The van der Waals surface area contributed by atoms with Crippen LogP contribution in [0.4, 0.5) is 0 Å². The van der Waals surface area contributed by atoms with E-state index in [1.165, 1.54) is 13.2 Å². The Kier molecular flexibility index (Phi) is 6.63. The summed E-state index contributed by atoms with van der Waals surface area (Å²) in [7, 11) is 3.08. The van der Waals surface area contributed by atoms with Crippen LogP contribution >= 0.6 is 0 Å². The van der Waals surface area contributed by atoms with Gasteiger partial charge in [0, 0.05) is 29.3 Å². The third kappa shape index (κ3) is 4.25. The molecule has 0 bridgehead atoms. The van der Waals surface area contributed by atoms with E-state index < -0.39 is 11.9 Å². The molecule has 178 valence electrons. The van der Waals surface area contributed by atoms with Gasteiger partial charge < -0.3 is 24.6 Å². The minimum atomic E-state index is -0.622. The molecule has 2 aromatic carbocycles. The van der Waals surface area contributed by atoms with Gasteiger partial charge in [0.2, 0.25) is 0 Å². The summed E-state index contributed by atoms with van der Waals surface area (Å²) < 4.78 is 16.0. The van der Waals surface area contributed by atoms with E-state index in [0.717, 1.165) is 17.0 Å². The van der Waals surface area contributed by atoms with Gasteiger partial charge in [0.05, 0.1) is 26.4 Å². The number of dihydropyridines is 1. The van der Waals surface area contributed by atoms with Crippen molar-refractivity contribution in [1.29, 1.82) is 0 Å². The van der Waals surface area contributed by atoms with Crippen LogP contribution < -0.4 is 14.8 Å². The average molecular weight is 464 g/mol. The van der Waals surface area contributed by atoms with Gasteiger partial charge in [-0.05, 0) is 61.6 Å². The smallest absolute Gasteiger partial charge is 0.336 e. The van der Waals surface area contributed by atoms with Crippen LogP contribution in [0.3, 0.4) is 0 Å². The number of esters is 1. The molecule has 0 amide bonds. The lowest BCUT2D eigenvalue weighted by molar-refractivity contribution is -0.138. The molecule has 0 saturated carbocycles. The highest BCUT2D eigenvalue weighted by atomic mass is 16.5. The van der Waals surface area contributed by atoms with Gasteiger partial charge in [0.15, 0.2) is 17.3 Å². The molecule has 0 spiro atoms. The number of hydrogen-bond acceptors (Lipinski definition) is 7. The maximum absolute atomic E-state index is 13.6. The number of ether oxygens (including phenoxy) is 3. The molecule has 0 saturated heterocycles. The van der Waals surface area contributed by atoms with E-state index in [1.54, 1.807) is 26.2 Å². The fourth-order valence-corrected chi connectivity index (χ4v) is 4.86. The van der Waals surface area contributed by atoms with Crippen molar-refractivity contribution in [2.45, 2.75) is 38.5 Å². The van der Waals surface area contributed by atoms with E-state index in [-0.39, 0.29) is 29.8 Å². The van der Waals surface area contributed by atoms with Crippen molar-refractivity contribution < 1.29 is 28.9 Å². The van der Waals surface area contributed by atoms with Crippen LogP contribution in [0, 0.1) is 0 Å². The number of allylic oxidation sites excluding steroid dienone is 3. The molecule has 2 aliphatic rings. The lowest BCUT2D eigenvalue weighted by atomic mass is 9.71. The van der Waals surface area contributed by atoms with E-state index in [1.807, 2.05) is 31.2 Å². The minimum Gasteiger partial charge on any atom is -0.504 e. The number of nitrogens with one attached hydrogen (secondary N) is 1. The maximum atomic E-state index is 13.6. The van der Waals surface area contributed by atoms with E-state index in [9.17, 15) is 14.7 Å². The largest absolute Gasteiger partial charge is 0.504 e. The molecule has 0 radical (unpaired) electrons. The second kappa shape index (κ2) is 9.63. The van der Waals surface area contributed by atoms with E-state index in [4.69, 9.17) is 14.2 Å². The molecule has 1 heterocycles. The predicted octanol–water partition coefficient (Wildman–Crippen LogP) is 4.33. The monoisotopic (exact) mass is 463 g/mol. The number of hydrogen-bond donors (Lipinski definition) is 2. The SMILES string of the molecule is CCOC(=O)C1=C(C)NC2=C(C(=O)CC(c3cccc(OC)c3)C2)C1c1ccc(O)c(OC)c1. The summed E-state index contributed by atoms with van der Waals surface area (Å²) in [4.78, 5) is 26.6. The summed E-state index contributed by atoms with van der Waals surface area (Å²) in [5.41, 5.74) is 4.10. The molecule has 2 atom stereocenters. The highest BCUT2D eigenvalue weighted by molar-refractivity contribution is 6.04. The third-order valence-electron chi connectivity index (χ3n) is 6.43. The lowest BCUT2D eigenvalue weighted by Gasteiger charge is -2.36. The minimum absolute atomic E-state index is 0.0131. The van der Waals surface area contributed by atoms with Gasteiger partial charge in [-0.1, -0.05) is 18.2 Å². The Morgan fingerprint density at radius 3 is 2.59 bits per heavy atom. The molecule has 1 aliphatic carbocycles. The number of aromatic hydroxyl groups is 1. The Bertz CT molecular complexity index is 1200. The van der Waals surface area contributed by atoms with Crippen molar-refractivity contribution in [2.75, 3.05) is 20.8 Å². The first kappa shape index (κ1) is 23.4. The lowest BCUT2D eigenvalue weighted by Crippen LogP contribution is -2.36. The molecule has 0 fully saturated rings. The number of benzene rings is 2.